The van der Waals surface area contributed by atoms with Crippen LogP contribution in [0, 0.1) is 20.2 Å². The van der Waals surface area contributed by atoms with Gasteiger partial charge >= 0.3 is 0 Å². The second-order valence-corrected chi connectivity index (χ2v) is 5.66. The maximum absolute atomic E-state index is 12.3. The molecule has 2 rings (SSSR count). The molecule has 0 saturated carbocycles. The van der Waals surface area contributed by atoms with E-state index in [-0.39, 0.29) is 23.3 Å². The fraction of sp³-hybridized carbons (Fsp3) is 0.167. The number of rotatable bonds is 6. The zero-order chi connectivity index (χ0) is 19.3. The van der Waals surface area contributed by atoms with Crippen molar-refractivity contribution in [3.63, 3.8) is 0 Å². The number of hydrogen-bond acceptors (Lipinski definition) is 5. The highest BCUT2D eigenvalue weighted by molar-refractivity contribution is 5.92. The van der Waals surface area contributed by atoms with Crippen molar-refractivity contribution < 1.29 is 14.6 Å². The van der Waals surface area contributed by atoms with Crippen LogP contribution in [0.5, 0.6) is 0 Å². The van der Waals surface area contributed by atoms with Gasteiger partial charge in [-0.25, -0.2) is 0 Å². The molecular weight excluding hydrogens is 338 g/mol. The molecule has 0 unspecified atom stereocenters. The molecule has 0 bridgehead atoms. The summed E-state index contributed by atoms with van der Waals surface area (Å²) in [6, 6.07) is 11.7. The SMILES string of the molecule is C[C@@H](c1cccc([N+](=O)[O-])c1)N(C)C(=O)/C=C/c1cccc([N+](=O)[O-])c1. The topological polar surface area (TPSA) is 107 Å². The van der Waals surface area contributed by atoms with E-state index < -0.39 is 9.85 Å². The average molecular weight is 355 g/mol. The van der Waals surface area contributed by atoms with Gasteiger partial charge in [0.05, 0.1) is 15.9 Å². The van der Waals surface area contributed by atoms with Crippen LogP contribution < -0.4 is 0 Å². The Kier molecular flexibility index (Phi) is 5.79. The van der Waals surface area contributed by atoms with E-state index in [9.17, 15) is 25.0 Å². The largest absolute Gasteiger partial charge is 0.335 e. The third kappa shape index (κ3) is 4.50. The van der Waals surface area contributed by atoms with E-state index in [4.69, 9.17) is 0 Å². The Bertz CT molecular complexity index is 879. The first kappa shape index (κ1) is 18.8. The molecule has 2 aromatic carbocycles. The van der Waals surface area contributed by atoms with Crippen LogP contribution in [-0.4, -0.2) is 27.7 Å². The number of nitro groups is 2. The van der Waals surface area contributed by atoms with Gasteiger partial charge in [0.2, 0.25) is 5.91 Å². The van der Waals surface area contributed by atoms with Crippen LogP contribution in [0.2, 0.25) is 0 Å². The summed E-state index contributed by atoms with van der Waals surface area (Å²) in [5, 5.41) is 21.7. The molecule has 8 heteroatoms. The molecule has 1 atom stereocenters. The van der Waals surface area contributed by atoms with E-state index in [0.29, 0.717) is 11.1 Å². The predicted molar refractivity (Wildman–Crippen MR) is 96.4 cm³/mol. The van der Waals surface area contributed by atoms with Gasteiger partial charge < -0.3 is 4.90 Å². The summed E-state index contributed by atoms with van der Waals surface area (Å²) >= 11 is 0. The van der Waals surface area contributed by atoms with Gasteiger partial charge in [-0.3, -0.25) is 25.0 Å². The number of nitro benzene ring substituents is 2. The van der Waals surface area contributed by atoms with Gasteiger partial charge in [0.25, 0.3) is 11.4 Å². The maximum Gasteiger partial charge on any atom is 0.270 e. The van der Waals surface area contributed by atoms with Gasteiger partial charge in [-0.1, -0.05) is 24.3 Å². The van der Waals surface area contributed by atoms with Crippen molar-refractivity contribution in [1.82, 2.24) is 4.90 Å². The number of hydrogen-bond donors (Lipinski definition) is 0. The van der Waals surface area contributed by atoms with Crippen LogP contribution in [-0.2, 0) is 4.79 Å². The maximum atomic E-state index is 12.3. The highest BCUT2D eigenvalue weighted by Crippen LogP contribution is 2.23. The van der Waals surface area contributed by atoms with E-state index in [1.54, 1.807) is 32.2 Å². The van der Waals surface area contributed by atoms with Gasteiger partial charge in [0, 0.05) is 37.4 Å². The molecule has 0 radical (unpaired) electrons. The van der Waals surface area contributed by atoms with Gasteiger partial charge in [0.1, 0.15) is 0 Å². The lowest BCUT2D eigenvalue weighted by atomic mass is 10.1. The number of benzene rings is 2. The number of carbonyl (C=O) groups excluding carboxylic acids is 1. The van der Waals surface area contributed by atoms with Crippen molar-refractivity contribution in [1.29, 1.82) is 0 Å². The minimum absolute atomic E-state index is 0.0395. The second kappa shape index (κ2) is 8.02. The Morgan fingerprint density at radius 2 is 1.62 bits per heavy atom. The molecule has 2 aromatic rings. The molecule has 0 saturated heterocycles. The summed E-state index contributed by atoms with van der Waals surface area (Å²) in [6.45, 7) is 1.76. The summed E-state index contributed by atoms with van der Waals surface area (Å²) in [5.74, 6) is -0.324. The molecule has 0 aliphatic rings. The Balaban J connectivity index is 2.13. The molecule has 0 heterocycles. The number of amides is 1. The number of likely N-dealkylation sites (N-methyl/N-ethyl adjacent to an activating group) is 1. The lowest BCUT2D eigenvalue weighted by molar-refractivity contribution is -0.385. The first-order valence-corrected chi connectivity index (χ1v) is 7.73. The lowest BCUT2D eigenvalue weighted by Crippen LogP contribution is -2.28. The molecule has 134 valence electrons. The highest BCUT2D eigenvalue weighted by atomic mass is 16.6. The predicted octanol–water partition coefficient (Wildman–Crippen LogP) is 3.74. The molecule has 0 aromatic heterocycles. The number of carbonyl (C=O) groups is 1. The van der Waals surface area contributed by atoms with Crippen LogP contribution in [0.25, 0.3) is 6.08 Å². The van der Waals surface area contributed by atoms with E-state index in [2.05, 4.69) is 0 Å². The van der Waals surface area contributed by atoms with Crippen molar-refractivity contribution in [3.8, 4) is 0 Å². The van der Waals surface area contributed by atoms with Gasteiger partial charge in [-0.15, -0.1) is 0 Å². The quantitative estimate of drug-likeness (QED) is 0.446. The van der Waals surface area contributed by atoms with Crippen LogP contribution >= 0.6 is 0 Å². The first-order valence-electron chi connectivity index (χ1n) is 7.73. The summed E-state index contributed by atoms with van der Waals surface area (Å²) in [6.07, 6.45) is 2.80. The Morgan fingerprint density at radius 3 is 2.23 bits per heavy atom. The van der Waals surface area contributed by atoms with Crippen LogP contribution in [0.15, 0.2) is 54.6 Å². The van der Waals surface area contributed by atoms with Crippen molar-refractivity contribution in [2.24, 2.45) is 0 Å². The molecule has 0 aliphatic carbocycles. The van der Waals surface area contributed by atoms with Crippen molar-refractivity contribution in [2.45, 2.75) is 13.0 Å². The molecule has 0 aliphatic heterocycles. The molecule has 26 heavy (non-hydrogen) atoms. The highest BCUT2D eigenvalue weighted by Gasteiger charge is 2.17. The summed E-state index contributed by atoms with van der Waals surface area (Å²) < 4.78 is 0. The fourth-order valence-corrected chi connectivity index (χ4v) is 2.34. The van der Waals surface area contributed by atoms with Crippen LogP contribution in [0.4, 0.5) is 11.4 Å². The third-order valence-corrected chi connectivity index (χ3v) is 3.99. The van der Waals surface area contributed by atoms with E-state index in [1.165, 1.54) is 47.4 Å². The van der Waals surface area contributed by atoms with Gasteiger partial charge in [-0.05, 0) is 24.1 Å². The van der Waals surface area contributed by atoms with Crippen molar-refractivity contribution in [2.75, 3.05) is 7.05 Å². The first-order chi connectivity index (χ1) is 12.3. The average Bonchev–Trinajstić information content (AvgIpc) is 2.65. The Labute approximate surface area is 149 Å². The van der Waals surface area contributed by atoms with Gasteiger partial charge in [0.15, 0.2) is 0 Å². The molecule has 1 amide bonds. The molecule has 8 nitrogen and oxygen atoms in total. The summed E-state index contributed by atoms with van der Waals surface area (Å²) in [4.78, 5) is 34.4. The monoisotopic (exact) mass is 355 g/mol. The van der Waals surface area contributed by atoms with E-state index in [1.807, 2.05) is 0 Å². The molecule has 0 N–H and O–H groups in total. The van der Waals surface area contributed by atoms with E-state index >= 15 is 0 Å². The number of non-ortho nitro benzene ring substituents is 2. The normalized spacial score (nSPS) is 11.9. The lowest BCUT2D eigenvalue weighted by Gasteiger charge is -2.24. The molecule has 0 spiro atoms. The van der Waals surface area contributed by atoms with E-state index in [0.717, 1.165) is 0 Å². The Hall–Kier alpha value is -3.55. The fourth-order valence-electron chi connectivity index (χ4n) is 2.34. The molecule has 0 fully saturated rings. The standard InChI is InChI=1S/C18H17N3O5/c1-13(15-6-4-8-17(12-15)21(25)26)19(2)18(22)10-9-14-5-3-7-16(11-14)20(23)24/h3-13H,1-2H3/b10-9+/t13-/m0/s1. The smallest absolute Gasteiger partial charge is 0.270 e. The van der Waals surface area contributed by atoms with Crippen LogP contribution in [0.1, 0.15) is 24.1 Å². The number of nitrogens with zero attached hydrogens (tertiary/aromatic N) is 3. The van der Waals surface area contributed by atoms with Crippen LogP contribution in [0.3, 0.4) is 0 Å². The van der Waals surface area contributed by atoms with Gasteiger partial charge in [-0.2, -0.15) is 0 Å². The minimum Gasteiger partial charge on any atom is -0.335 e. The Morgan fingerprint density at radius 1 is 1.04 bits per heavy atom. The zero-order valence-electron chi connectivity index (χ0n) is 14.2. The zero-order valence-corrected chi connectivity index (χ0v) is 14.2. The second-order valence-electron chi connectivity index (χ2n) is 5.66. The minimum atomic E-state index is -0.504. The summed E-state index contributed by atoms with van der Waals surface area (Å²) in [7, 11) is 1.59. The summed E-state index contributed by atoms with van der Waals surface area (Å²) in [5.41, 5.74) is 1.07. The third-order valence-electron chi connectivity index (χ3n) is 3.99. The van der Waals surface area contributed by atoms with Crippen molar-refractivity contribution >= 4 is 23.4 Å². The molecular formula is C18H17N3O5. The van der Waals surface area contributed by atoms with Crippen molar-refractivity contribution in [3.05, 3.63) is 86.0 Å².